The van der Waals surface area contributed by atoms with Crippen molar-refractivity contribution >= 4 is 0 Å². The number of hydrogen-bond acceptors (Lipinski definition) is 3. The first-order valence-corrected chi connectivity index (χ1v) is 6.89. The molecular weight excluding hydrogens is 238 g/mol. The molecule has 2 aromatic rings. The molecule has 2 rings (SSSR count). The van der Waals surface area contributed by atoms with Crippen LogP contribution in [0.25, 0.3) is 0 Å². The molecule has 4 nitrogen and oxygen atoms in total. The molecule has 0 radical (unpaired) electrons. The molecule has 0 saturated heterocycles. The standard InChI is InChI=1S/C15H21N3O/c1-3-10-15(19,13-8-6-5-7-9-13)14-12-16-17-18(14)11-4-2/h5-9,12,19H,3-4,10-11H2,1-2H3. The maximum Gasteiger partial charge on any atom is 0.133 e. The van der Waals surface area contributed by atoms with Crippen LogP contribution in [0.4, 0.5) is 0 Å². The van der Waals surface area contributed by atoms with Crippen LogP contribution in [0.15, 0.2) is 36.5 Å². The summed E-state index contributed by atoms with van der Waals surface area (Å²) in [5.41, 5.74) is 0.674. The molecule has 1 aromatic heterocycles. The average Bonchev–Trinajstić information content (AvgIpc) is 2.89. The largest absolute Gasteiger partial charge is 0.379 e. The minimum Gasteiger partial charge on any atom is -0.379 e. The summed E-state index contributed by atoms with van der Waals surface area (Å²) in [7, 11) is 0. The Labute approximate surface area is 114 Å². The first-order chi connectivity index (χ1) is 9.22. The van der Waals surface area contributed by atoms with Crippen LogP contribution in [0.2, 0.25) is 0 Å². The van der Waals surface area contributed by atoms with Crippen molar-refractivity contribution in [2.45, 2.75) is 45.3 Å². The summed E-state index contributed by atoms with van der Waals surface area (Å²) in [4.78, 5) is 0. The maximum atomic E-state index is 11.1. The van der Waals surface area contributed by atoms with Crippen molar-refractivity contribution in [3.05, 3.63) is 47.8 Å². The van der Waals surface area contributed by atoms with Gasteiger partial charge in [-0.1, -0.05) is 55.8 Å². The van der Waals surface area contributed by atoms with Crippen LogP contribution in [0.1, 0.15) is 44.4 Å². The Morgan fingerprint density at radius 3 is 2.53 bits per heavy atom. The Morgan fingerprint density at radius 2 is 1.89 bits per heavy atom. The van der Waals surface area contributed by atoms with E-state index in [4.69, 9.17) is 0 Å². The number of aromatic nitrogens is 3. The second-order valence-electron chi connectivity index (χ2n) is 4.82. The van der Waals surface area contributed by atoms with E-state index in [2.05, 4.69) is 24.2 Å². The van der Waals surface area contributed by atoms with Gasteiger partial charge in [0.05, 0.1) is 11.9 Å². The molecule has 1 atom stereocenters. The van der Waals surface area contributed by atoms with Crippen molar-refractivity contribution in [3.8, 4) is 0 Å². The highest BCUT2D eigenvalue weighted by Gasteiger charge is 2.34. The second kappa shape index (κ2) is 5.97. The van der Waals surface area contributed by atoms with Gasteiger partial charge in [-0.3, -0.25) is 0 Å². The van der Waals surface area contributed by atoms with Crippen LogP contribution in [0.3, 0.4) is 0 Å². The molecular formula is C15H21N3O. The van der Waals surface area contributed by atoms with Crippen LogP contribution in [0, 0.1) is 0 Å². The van der Waals surface area contributed by atoms with E-state index < -0.39 is 5.60 Å². The number of benzene rings is 1. The van der Waals surface area contributed by atoms with E-state index in [-0.39, 0.29) is 0 Å². The van der Waals surface area contributed by atoms with Gasteiger partial charge in [-0.05, 0) is 18.4 Å². The van der Waals surface area contributed by atoms with E-state index in [0.717, 1.165) is 30.6 Å². The molecule has 0 amide bonds. The Morgan fingerprint density at radius 1 is 1.16 bits per heavy atom. The van der Waals surface area contributed by atoms with E-state index in [1.165, 1.54) is 0 Å². The summed E-state index contributed by atoms with van der Waals surface area (Å²) in [6.07, 6.45) is 4.20. The maximum absolute atomic E-state index is 11.1. The lowest BCUT2D eigenvalue weighted by Gasteiger charge is -2.28. The predicted molar refractivity (Wildman–Crippen MR) is 74.7 cm³/mol. The number of aliphatic hydroxyl groups is 1. The summed E-state index contributed by atoms with van der Waals surface area (Å²) in [5, 5.41) is 19.2. The van der Waals surface area contributed by atoms with Crippen LogP contribution < -0.4 is 0 Å². The number of hydrogen-bond donors (Lipinski definition) is 1. The molecule has 0 spiro atoms. The van der Waals surface area contributed by atoms with Gasteiger partial charge in [-0.25, -0.2) is 4.68 Å². The van der Waals surface area contributed by atoms with Gasteiger partial charge in [0.1, 0.15) is 5.60 Å². The first-order valence-electron chi connectivity index (χ1n) is 6.89. The van der Waals surface area contributed by atoms with Gasteiger partial charge >= 0.3 is 0 Å². The highest BCUT2D eigenvalue weighted by molar-refractivity contribution is 5.31. The molecule has 1 unspecified atom stereocenters. The third-order valence-electron chi connectivity index (χ3n) is 3.34. The van der Waals surface area contributed by atoms with Crippen molar-refractivity contribution in [1.82, 2.24) is 15.0 Å². The Bertz CT molecular complexity index is 509. The molecule has 0 bridgehead atoms. The smallest absolute Gasteiger partial charge is 0.133 e. The van der Waals surface area contributed by atoms with Gasteiger partial charge in [0.25, 0.3) is 0 Å². The monoisotopic (exact) mass is 259 g/mol. The summed E-state index contributed by atoms with van der Waals surface area (Å²) in [6, 6.07) is 9.77. The first kappa shape index (κ1) is 13.7. The van der Waals surface area contributed by atoms with Crippen molar-refractivity contribution in [1.29, 1.82) is 0 Å². The quantitative estimate of drug-likeness (QED) is 0.867. The fraction of sp³-hybridized carbons (Fsp3) is 0.467. The zero-order chi connectivity index (χ0) is 13.7. The minimum atomic E-state index is -1.01. The van der Waals surface area contributed by atoms with E-state index in [1.807, 2.05) is 35.0 Å². The lowest BCUT2D eigenvalue weighted by Crippen LogP contribution is -2.30. The lowest BCUT2D eigenvalue weighted by atomic mass is 9.86. The van der Waals surface area contributed by atoms with Crippen LogP contribution in [-0.2, 0) is 12.1 Å². The fourth-order valence-electron chi connectivity index (χ4n) is 2.45. The zero-order valence-corrected chi connectivity index (χ0v) is 11.6. The molecule has 0 aliphatic rings. The van der Waals surface area contributed by atoms with E-state index in [1.54, 1.807) is 6.20 Å². The summed E-state index contributed by atoms with van der Waals surface area (Å²) in [5.74, 6) is 0. The molecule has 1 heterocycles. The third kappa shape index (κ3) is 2.68. The van der Waals surface area contributed by atoms with Gasteiger partial charge in [0, 0.05) is 6.54 Å². The minimum absolute atomic E-state index is 0.661. The molecule has 0 fully saturated rings. The van der Waals surface area contributed by atoms with Crippen molar-refractivity contribution in [2.75, 3.05) is 0 Å². The van der Waals surface area contributed by atoms with Crippen molar-refractivity contribution in [2.24, 2.45) is 0 Å². The van der Waals surface area contributed by atoms with E-state index >= 15 is 0 Å². The van der Waals surface area contributed by atoms with Crippen LogP contribution in [-0.4, -0.2) is 20.1 Å². The molecule has 102 valence electrons. The average molecular weight is 259 g/mol. The number of aryl methyl sites for hydroxylation is 1. The Balaban J connectivity index is 2.47. The van der Waals surface area contributed by atoms with Gasteiger partial charge in [-0.2, -0.15) is 0 Å². The van der Waals surface area contributed by atoms with E-state index in [0.29, 0.717) is 6.42 Å². The third-order valence-corrected chi connectivity index (χ3v) is 3.34. The van der Waals surface area contributed by atoms with Crippen LogP contribution >= 0.6 is 0 Å². The van der Waals surface area contributed by atoms with Gasteiger partial charge in [-0.15, -0.1) is 5.10 Å². The SMILES string of the molecule is CCCn1nncc1C(O)(CCC)c1ccccc1. The number of nitrogens with zero attached hydrogens (tertiary/aromatic N) is 3. The summed E-state index contributed by atoms with van der Waals surface area (Å²) >= 11 is 0. The summed E-state index contributed by atoms with van der Waals surface area (Å²) < 4.78 is 1.81. The predicted octanol–water partition coefficient (Wildman–Crippen LogP) is 2.72. The highest BCUT2D eigenvalue weighted by atomic mass is 16.3. The molecule has 1 aromatic carbocycles. The second-order valence-corrected chi connectivity index (χ2v) is 4.82. The van der Waals surface area contributed by atoms with Gasteiger partial charge in [0.2, 0.25) is 0 Å². The lowest BCUT2D eigenvalue weighted by molar-refractivity contribution is 0.0603. The Hall–Kier alpha value is -1.68. The van der Waals surface area contributed by atoms with E-state index in [9.17, 15) is 5.11 Å². The summed E-state index contributed by atoms with van der Waals surface area (Å²) in [6.45, 7) is 4.93. The topological polar surface area (TPSA) is 50.9 Å². The van der Waals surface area contributed by atoms with Crippen LogP contribution in [0.5, 0.6) is 0 Å². The zero-order valence-electron chi connectivity index (χ0n) is 11.6. The number of rotatable bonds is 6. The molecule has 0 aliphatic carbocycles. The molecule has 19 heavy (non-hydrogen) atoms. The normalized spacial score (nSPS) is 14.3. The molecule has 1 N–H and O–H groups in total. The van der Waals surface area contributed by atoms with Gasteiger partial charge in [0.15, 0.2) is 0 Å². The van der Waals surface area contributed by atoms with Gasteiger partial charge < -0.3 is 5.11 Å². The Kier molecular flexibility index (Phi) is 4.32. The molecule has 0 saturated carbocycles. The van der Waals surface area contributed by atoms with Crippen molar-refractivity contribution in [3.63, 3.8) is 0 Å². The van der Waals surface area contributed by atoms with Crippen molar-refractivity contribution < 1.29 is 5.11 Å². The molecule has 0 aliphatic heterocycles. The molecule has 4 heteroatoms. The highest BCUT2D eigenvalue weighted by Crippen LogP contribution is 2.33. The fourth-order valence-corrected chi connectivity index (χ4v) is 2.45.